The molecule has 0 heterocycles. The zero-order valence-corrected chi connectivity index (χ0v) is 13.9. The van der Waals surface area contributed by atoms with Crippen molar-refractivity contribution in [3.63, 3.8) is 0 Å². The minimum atomic E-state index is -0.530. The summed E-state index contributed by atoms with van der Waals surface area (Å²) in [4.78, 5) is 12.8. The molecule has 22 heavy (non-hydrogen) atoms. The summed E-state index contributed by atoms with van der Waals surface area (Å²) in [6.45, 7) is 2.00. The van der Waals surface area contributed by atoms with Gasteiger partial charge in [-0.1, -0.05) is 24.6 Å². The number of anilines is 1. The van der Waals surface area contributed by atoms with Crippen LogP contribution < -0.4 is 5.32 Å². The lowest BCUT2D eigenvalue weighted by Gasteiger charge is -2.40. The van der Waals surface area contributed by atoms with Crippen LogP contribution in [0.15, 0.2) is 46.9 Å². The van der Waals surface area contributed by atoms with E-state index in [9.17, 15) is 9.18 Å². The molecule has 0 atom stereocenters. The molecule has 2 aromatic carbocycles. The predicted molar refractivity (Wildman–Crippen MR) is 89.4 cm³/mol. The first-order valence-corrected chi connectivity index (χ1v) is 8.14. The van der Waals surface area contributed by atoms with Gasteiger partial charge in [-0.25, -0.2) is 4.39 Å². The van der Waals surface area contributed by atoms with Crippen LogP contribution in [0, 0.1) is 12.7 Å². The highest BCUT2D eigenvalue weighted by Gasteiger charge is 2.45. The molecule has 3 rings (SSSR count). The Kier molecular flexibility index (Phi) is 4.04. The summed E-state index contributed by atoms with van der Waals surface area (Å²) in [5.74, 6) is -0.296. The second-order valence-corrected chi connectivity index (χ2v) is 6.73. The number of hydrogen-bond acceptors (Lipinski definition) is 1. The van der Waals surface area contributed by atoms with E-state index in [1.165, 1.54) is 12.1 Å². The van der Waals surface area contributed by atoms with Gasteiger partial charge in [0.1, 0.15) is 5.82 Å². The van der Waals surface area contributed by atoms with Crippen molar-refractivity contribution in [2.24, 2.45) is 0 Å². The van der Waals surface area contributed by atoms with Gasteiger partial charge >= 0.3 is 0 Å². The first-order chi connectivity index (χ1) is 10.5. The van der Waals surface area contributed by atoms with E-state index in [2.05, 4.69) is 21.2 Å². The molecule has 1 N–H and O–H groups in total. The molecule has 1 saturated carbocycles. The Morgan fingerprint density at radius 1 is 1.18 bits per heavy atom. The van der Waals surface area contributed by atoms with E-state index in [1.807, 2.05) is 25.1 Å². The van der Waals surface area contributed by atoms with Crippen molar-refractivity contribution in [3.8, 4) is 0 Å². The summed E-state index contributed by atoms with van der Waals surface area (Å²) in [7, 11) is 0. The summed E-state index contributed by atoms with van der Waals surface area (Å²) < 4.78 is 14.0. The van der Waals surface area contributed by atoms with Gasteiger partial charge in [0.15, 0.2) is 0 Å². The fourth-order valence-corrected chi connectivity index (χ4v) is 3.50. The van der Waals surface area contributed by atoms with Crippen molar-refractivity contribution >= 4 is 27.5 Å². The first kappa shape index (κ1) is 15.2. The molecule has 0 saturated heterocycles. The van der Waals surface area contributed by atoms with Crippen LogP contribution in [0.1, 0.15) is 30.4 Å². The van der Waals surface area contributed by atoms with E-state index < -0.39 is 5.41 Å². The molecular weight excluding hydrogens is 345 g/mol. The van der Waals surface area contributed by atoms with Crippen molar-refractivity contribution in [1.29, 1.82) is 0 Å². The van der Waals surface area contributed by atoms with Gasteiger partial charge in [-0.15, -0.1) is 0 Å². The number of halogens is 2. The second-order valence-electron chi connectivity index (χ2n) is 5.88. The third kappa shape index (κ3) is 2.68. The van der Waals surface area contributed by atoms with Gasteiger partial charge in [0, 0.05) is 4.47 Å². The largest absolute Gasteiger partial charge is 0.324 e. The van der Waals surface area contributed by atoms with Crippen LogP contribution in [0.25, 0.3) is 0 Å². The molecule has 1 amide bonds. The van der Waals surface area contributed by atoms with Gasteiger partial charge in [0.05, 0.1) is 11.1 Å². The summed E-state index contributed by atoms with van der Waals surface area (Å²) in [6.07, 6.45) is 2.61. The van der Waals surface area contributed by atoms with Gasteiger partial charge in [-0.05, 0) is 71.1 Å². The molecule has 2 nitrogen and oxygen atoms in total. The number of aryl methyl sites for hydroxylation is 1. The standard InChI is InChI=1S/C18H17BrFNO/c1-12-3-8-16(15(19)11-12)21-17(22)18(9-2-10-18)13-4-6-14(20)7-5-13/h3-8,11H,2,9-10H2,1H3,(H,21,22). The summed E-state index contributed by atoms with van der Waals surface area (Å²) in [5.41, 5.74) is 2.25. The Hall–Kier alpha value is -1.68. The molecule has 0 bridgehead atoms. The van der Waals surface area contributed by atoms with Gasteiger partial charge in [-0.2, -0.15) is 0 Å². The fraction of sp³-hybridized carbons (Fsp3) is 0.278. The zero-order chi connectivity index (χ0) is 15.7. The number of carbonyl (C=O) groups excluding carboxylic acids is 1. The minimum absolute atomic E-state index is 0.0186. The third-order valence-corrected chi connectivity index (χ3v) is 5.07. The number of benzene rings is 2. The number of rotatable bonds is 3. The topological polar surface area (TPSA) is 29.1 Å². The van der Waals surface area contributed by atoms with E-state index in [4.69, 9.17) is 0 Å². The smallest absolute Gasteiger partial charge is 0.235 e. The average Bonchev–Trinajstić information content (AvgIpc) is 2.43. The van der Waals surface area contributed by atoms with Crippen molar-refractivity contribution in [1.82, 2.24) is 0 Å². The van der Waals surface area contributed by atoms with Gasteiger partial charge in [0.25, 0.3) is 0 Å². The predicted octanol–water partition coefficient (Wildman–Crippen LogP) is 4.96. The number of hydrogen-bond donors (Lipinski definition) is 1. The van der Waals surface area contributed by atoms with Crippen molar-refractivity contribution in [2.75, 3.05) is 5.32 Å². The van der Waals surface area contributed by atoms with Crippen molar-refractivity contribution in [3.05, 3.63) is 63.9 Å². The van der Waals surface area contributed by atoms with Crippen molar-refractivity contribution in [2.45, 2.75) is 31.6 Å². The fourth-order valence-electron chi connectivity index (χ4n) is 2.91. The van der Waals surface area contributed by atoms with E-state index >= 15 is 0 Å². The molecule has 2 aromatic rings. The summed E-state index contributed by atoms with van der Waals surface area (Å²) in [5, 5.41) is 3.01. The lowest BCUT2D eigenvalue weighted by molar-refractivity contribution is -0.124. The maximum Gasteiger partial charge on any atom is 0.235 e. The Labute approximate surface area is 137 Å². The van der Waals surface area contributed by atoms with Crippen LogP contribution in [0.3, 0.4) is 0 Å². The summed E-state index contributed by atoms with van der Waals surface area (Å²) in [6, 6.07) is 12.1. The maximum atomic E-state index is 13.1. The molecule has 4 heteroatoms. The van der Waals surface area contributed by atoms with Crippen LogP contribution in [0.2, 0.25) is 0 Å². The molecule has 0 unspecified atom stereocenters. The van der Waals surface area contributed by atoms with E-state index in [0.29, 0.717) is 0 Å². The Balaban J connectivity index is 1.87. The van der Waals surface area contributed by atoms with Crippen LogP contribution in [0.5, 0.6) is 0 Å². The molecule has 0 spiro atoms. The van der Waals surface area contributed by atoms with E-state index in [1.54, 1.807) is 12.1 Å². The summed E-state index contributed by atoms with van der Waals surface area (Å²) >= 11 is 3.48. The highest BCUT2D eigenvalue weighted by Crippen LogP contribution is 2.45. The van der Waals surface area contributed by atoms with Gasteiger partial charge in [0.2, 0.25) is 5.91 Å². The normalized spacial score (nSPS) is 16.0. The molecular formula is C18H17BrFNO. The lowest BCUT2D eigenvalue weighted by Crippen LogP contribution is -2.46. The second kappa shape index (κ2) is 5.84. The van der Waals surface area contributed by atoms with Crippen molar-refractivity contribution < 1.29 is 9.18 Å². The van der Waals surface area contributed by atoms with Gasteiger partial charge in [-0.3, -0.25) is 4.79 Å². The molecule has 0 aliphatic heterocycles. The molecule has 0 radical (unpaired) electrons. The molecule has 0 aromatic heterocycles. The Morgan fingerprint density at radius 2 is 1.86 bits per heavy atom. The zero-order valence-electron chi connectivity index (χ0n) is 12.3. The maximum absolute atomic E-state index is 13.1. The Morgan fingerprint density at radius 3 is 2.41 bits per heavy atom. The Bertz CT molecular complexity index is 708. The SMILES string of the molecule is Cc1ccc(NC(=O)C2(c3ccc(F)cc3)CCC2)c(Br)c1. The minimum Gasteiger partial charge on any atom is -0.324 e. The van der Waals surface area contributed by atoms with Crippen LogP contribution in [-0.4, -0.2) is 5.91 Å². The highest BCUT2D eigenvalue weighted by molar-refractivity contribution is 9.10. The number of carbonyl (C=O) groups is 1. The molecule has 114 valence electrons. The lowest BCUT2D eigenvalue weighted by atomic mass is 9.64. The molecule has 1 aliphatic carbocycles. The van der Waals surface area contributed by atoms with Crippen LogP contribution >= 0.6 is 15.9 Å². The monoisotopic (exact) mass is 361 g/mol. The number of amides is 1. The van der Waals surface area contributed by atoms with Crippen LogP contribution in [-0.2, 0) is 10.2 Å². The third-order valence-electron chi connectivity index (χ3n) is 4.41. The van der Waals surface area contributed by atoms with Gasteiger partial charge < -0.3 is 5.32 Å². The van der Waals surface area contributed by atoms with E-state index in [0.717, 1.165) is 40.5 Å². The quantitative estimate of drug-likeness (QED) is 0.822. The first-order valence-electron chi connectivity index (χ1n) is 7.35. The number of nitrogens with one attached hydrogen (secondary N) is 1. The highest BCUT2D eigenvalue weighted by atomic mass is 79.9. The van der Waals surface area contributed by atoms with Crippen LogP contribution in [0.4, 0.5) is 10.1 Å². The average molecular weight is 362 g/mol. The molecule has 1 aliphatic rings. The molecule has 1 fully saturated rings. The van der Waals surface area contributed by atoms with E-state index in [-0.39, 0.29) is 11.7 Å².